The number of hydrogen-bond acceptors (Lipinski definition) is 3. The summed E-state index contributed by atoms with van der Waals surface area (Å²) in [5.74, 6) is 1.82. The molecule has 0 aliphatic carbocycles. The third-order valence-electron chi connectivity index (χ3n) is 1.50. The van der Waals surface area contributed by atoms with Crippen molar-refractivity contribution < 1.29 is 9.63 Å². The van der Waals surface area contributed by atoms with Gasteiger partial charge in [0.15, 0.2) is 0 Å². The number of carbonyl (C=O) groups is 1. The summed E-state index contributed by atoms with van der Waals surface area (Å²) in [5.41, 5.74) is 3.22. The number of pyridine rings is 1. The van der Waals surface area contributed by atoms with Gasteiger partial charge in [-0.15, -0.1) is 6.42 Å². The number of amides is 1. The lowest BCUT2D eigenvalue weighted by Crippen LogP contribution is -2.24. The average Bonchev–Trinajstić information content (AvgIpc) is 2.16. The topological polar surface area (TPSA) is 51.2 Å². The van der Waals surface area contributed by atoms with Crippen molar-refractivity contribution in [1.82, 2.24) is 10.5 Å². The molecule has 1 aromatic heterocycles. The number of terminal acetylenes is 1. The predicted molar refractivity (Wildman–Crippen MR) is 56.2 cm³/mol. The lowest BCUT2D eigenvalue weighted by molar-refractivity contribution is 0.0438. The van der Waals surface area contributed by atoms with Gasteiger partial charge in [-0.2, -0.15) is 0 Å². The van der Waals surface area contributed by atoms with Gasteiger partial charge in [-0.1, -0.05) is 17.5 Å². The first-order valence-electron chi connectivity index (χ1n) is 4.13. The van der Waals surface area contributed by atoms with Gasteiger partial charge in [-0.25, -0.2) is 10.5 Å². The van der Waals surface area contributed by atoms with Crippen molar-refractivity contribution in [1.29, 1.82) is 0 Å². The van der Waals surface area contributed by atoms with E-state index in [0.29, 0.717) is 11.3 Å². The molecule has 0 bridgehead atoms. The highest BCUT2D eigenvalue weighted by molar-refractivity contribution is 6.29. The Labute approximate surface area is 92.6 Å². The summed E-state index contributed by atoms with van der Waals surface area (Å²) in [7, 11) is 0. The Kier molecular flexibility index (Phi) is 4.10. The van der Waals surface area contributed by atoms with Gasteiger partial charge in [0.1, 0.15) is 11.8 Å². The van der Waals surface area contributed by atoms with Crippen LogP contribution in [0, 0.1) is 19.3 Å². The van der Waals surface area contributed by atoms with Crippen molar-refractivity contribution in [3.8, 4) is 12.3 Å². The van der Waals surface area contributed by atoms with Crippen LogP contribution >= 0.6 is 11.6 Å². The molecule has 0 fully saturated rings. The molecule has 78 valence electrons. The van der Waals surface area contributed by atoms with E-state index in [1.165, 1.54) is 6.07 Å². The Hall–Kier alpha value is -1.57. The normalized spacial score (nSPS) is 9.40. The van der Waals surface area contributed by atoms with E-state index in [1.54, 1.807) is 13.0 Å². The van der Waals surface area contributed by atoms with Crippen molar-refractivity contribution in [2.45, 2.75) is 6.92 Å². The van der Waals surface area contributed by atoms with Crippen molar-refractivity contribution in [2.24, 2.45) is 0 Å². The highest BCUT2D eigenvalue weighted by Gasteiger charge is 2.07. The summed E-state index contributed by atoms with van der Waals surface area (Å²) in [6, 6.07) is 3.05. The molecule has 0 spiro atoms. The summed E-state index contributed by atoms with van der Waals surface area (Å²) in [4.78, 5) is 20.0. The van der Waals surface area contributed by atoms with Crippen molar-refractivity contribution in [2.75, 3.05) is 6.61 Å². The molecule has 0 aromatic carbocycles. The minimum absolute atomic E-state index is 0.0174. The molecule has 1 heterocycles. The standard InChI is InChI=1S/C10H9ClN2O2/c1-3-4-15-13-10(14)8-5-7(2)12-9(11)6-8/h1,5-6H,4H2,2H3,(H,13,14). The zero-order valence-electron chi connectivity index (χ0n) is 8.08. The van der Waals surface area contributed by atoms with E-state index in [4.69, 9.17) is 18.0 Å². The zero-order chi connectivity index (χ0) is 11.3. The Morgan fingerprint density at radius 1 is 1.73 bits per heavy atom. The van der Waals surface area contributed by atoms with E-state index in [1.807, 2.05) is 0 Å². The maximum absolute atomic E-state index is 11.4. The molecule has 15 heavy (non-hydrogen) atoms. The summed E-state index contributed by atoms with van der Waals surface area (Å²) in [6.07, 6.45) is 4.94. The van der Waals surface area contributed by atoms with E-state index < -0.39 is 5.91 Å². The van der Waals surface area contributed by atoms with Gasteiger partial charge in [-0.3, -0.25) is 9.63 Å². The fourth-order valence-electron chi connectivity index (χ4n) is 0.961. The second-order valence-corrected chi connectivity index (χ2v) is 3.13. The van der Waals surface area contributed by atoms with E-state index in [0.717, 1.165) is 0 Å². The second-order valence-electron chi connectivity index (χ2n) is 2.74. The van der Waals surface area contributed by atoms with Crippen LogP contribution in [0.25, 0.3) is 0 Å². The maximum Gasteiger partial charge on any atom is 0.275 e. The lowest BCUT2D eigenvalue weighted by atomic mass is 10.2. The van der Waals surface area contributed by atoms with Gasteiger partial charge < -0.3 is 0 Å². The molecule has 1 N–H and O–H groups in total. The van der Waals surface area contributed by atoms with Crippen molar-refractivity contribution in [3.05, 3.63) is 28.5 Å². The monoisotopic (exact) mass is 224 g/mol. The molecule has 0 aliphatic heterocycles. The third kappa shape index (κ3) is 3.58. The smallest absolute Gasteiger partial charge is 0.267 e. The van der Waals surface area contributed by atoms with Crippen LogP contribution in [0.15, 0.2) is 12.1 Å². The molecule has 0 unspecified atom stereocenters. The number of halogens is 1. The number of nitrogens with zero attached hydrogens (tertiary/aromatic N) is 1. The molecule has 0 aliphatic rings. The molecule has 0 saturated heterocycles. The zero-order valence-corrected chi connectivity index (χ0v) is 8.84. The fraction of sp³-hybridized carbons (Fsp3) is 0.200. The first-order valence-corrected chi connectivity index (χ1v) is 4.51. The molecule has 0 atom stereocenters. The third-order valence-corrected chi connectivity index (χ3v) is 1.70. The van der Waals surface area contributed by atoms with E-state index in [2.05, 4.69) is 21.2 Å². The summed E-state index contributed by atoms with van der Waals surface area (Å²) >= 11 is 5.69. The van der Waals surface area contributed by atoms with Crippen LogP contribution in [0.5, 0.6) is 0 Å². The molecule has 0 saturated carbocycles. The Morgan fingerprint density at radius 3 is 3.07 bits per heavy atom. The van der Waals surface area contributed by atoms with E-state index in [9.17, 15) is 4.79 Å². The highest BCUT2D eigenvalue weighted by atomic mass is 35.5. The lowest BCUT2D eigenvalue weighted by Gasteiger charge is -2.04. The number of aromatic nitrogens is 1. The predicted octanol–water partition coefficient (Wildman–Crippen LogP) is 1.34. The fourth-order valence-corrected chi connectivity index (χ4v) is 1.21. The summed E-state index contributed by atoms with van der Waals surface area (Å²) < 4.78 is 0. The minimum Gasteiger partial charge on any atom is -0.267 e. The first kappa shape index (κ1) is 11.5. The average molecular weight is 225 g/mol. The van der Waals surface area contributed by atoms with Crippen LogP contribution in [0.2, 0.25) is 5.15 Å². The number of hydrogen-bond donors (Lipinski definition) is 1. The van der Waals surface area contributed by atoms with Crippen LogP contribution in [-0.4, -0.2) is 17.5 Å². The Bertz CT molecular complexity index is 392. The quantitative estimate of drug-likeness (QED) is 0.365. The number of nitrogens with one attached hydrogen (secondary N) is 1. The van der Waals surface area contributed by atoms with Gasteiger partial charge in [0.2, 0.25) is 0 Å². The summed E-state index contributed by atoms with van der Waals surface area (Å²) in [5, 5.41) is 0.261. The van der Waals surface area contributed by atoms with Crippen molar-refractivity contribution in [3.63, 3.8) is 0 Å². The molecule has 1 rings (SSSR count). The first-order chi connectivity index (χ1) is 7.13. The van der Waals surface area contributed by atoms with Crippen LogP contribution < -0.4 is 5.48 Å². The van der Waals surface area contributed by atoms with Crippen LogP contribution in [0.1, 0.15) is 16.1 Å². The maximum atomic E-state index is 11.4. The SMILES string of the molecule is C#CCONC(=O)c1cc(C)nc(Cl)c1. The number of rotatable bonds is 3. The highest BCUT2D eigenvalue weighted by Crippen LogP contribution is 2.10. The molecule has 0 radical (unpaired) electrons. The minimum atomic E-state index is -0.405. The Morgan fingerprint density at radius 2 is 2.47 bits per heavy atom. The van der Waals surface area contributed by atoms with Crippen LogP contribution in [0.3, 0.4) is 0 Å². The van der Waals surface area contributed by atoms with E-state index >= 15 is 0 Å². The molecule has 1 amide bonds. The molecule has 5 heteroatoms. The van der Waals surface area contributed by atoms with Gasteiger partial charge in [0.25, 0.3) is 5.91 Å². The van der Waals surface area contributed by atoms with Gasteiger partial charge in [-0.05, 0) is 19.1 Å². The van der Waals surface area contributed by atoms with Gasteiger partial charge in [0.05, 0.1) is 0 Å². The molecular formula is C10H9ClN2O2. The number of aryl methyl sites for hydroxylation is 1. The Balaban J connectivity index is 2.70. The van der Waals surface area contributed by atoms with Crippen molar-refractivity contribution >= 4 is 17.5 Å². The van der Waals surface area contributed by atoms with Crippen LogP contribution in [-0.2, 0) is 4.84 Å². The number of hydroxylamine groups is 1. The van der Waals surface area contributed by atoms with Crippen LogP contribution in [0.4, 0.5) is 0 Å². The molecule has 4 nitrogen and oxygen atoms in total. The second kappa shape index (κ2) is 5.35. The molecular weight excluding hydrogens is 216 g/mol. The van der Waals surface area contributed by atoms with Gasteiger partial charge >= 0.3 is 0 Å². The van der Waals surface area contributed by atoms with E-state index in [-0.39, 0.29) is 11.8 Å². The largest absolute Gasteiger partial charge is 0.275 e. The van der Waals surface area contributed by atoms with Gasteiger partial charge in [0, 0.05) is 11.3 Å². The summed E-state index contributed by atoms with van der Waals surface area (Å²) in [6.45, 7) is 1.76. The molecule has 1 aromatic rings. The number of carbonyl (C=O) groups excluding carboxylic acids is 1.